The van der Waals surface area contributed by atoms with Gasteiger partial charge in [-0.05, 0) is 48.4 Å². The summed E-state index contributed by atoms with van der Waals surface area (Å²) in [6.45, 7) is 1.77. The van der Waals surface area contributed by atoms with Gasteiger partial charge in [-0.25, -0.2) is 0 Å². The maximum absolute atomic E-state index is 12.7. The molecular formula is C21H21N3O2. The summed E-state index contributed by atoms with van der Waals surface area (Å²) in [6, 6.07) is 15.6. The zero-order valence-corrected chi connectivity index (χ0v) is 14.7. The minimum absolute atomic E-state index is 0.0624. The summed E-state index contributed by atoms with van der Waals surface area (Å²) in [5.41, 5.74) is 4.75. The SMILES string of the molecule is Cc1noc([C@@H](NC(=O)Cc2ccc3c(c2)CCC3)c2ccccc2)n1. The third-order valence-corrected chi connectivity index (χ3v) is 4.76. The zero-order chi connectivity index (χ0) is 17.9. The van der Waals surface area contributed by atoms with Gasteiger partial charge in [0.1, 0.15) is 6.04 Å². The van der Waals surface area contributed by atoms with Crippen molar-refractivity contribution in [3.05, 3.63) is 82.5 Å². The molecule has 1 N–H and O–H groups in total. The molecule has 0 spiro atoms. The van der Waals surface area contributed by atoms with Crippen LogP contribution in [0.3, 0.4) is 0 Å². The van der Waals surface area contributed by atoms with Crippen LogP contribution in [-0.4, -0.2) is 16.0 Å². The number of amides is 1. The molecule has 0 bridgehead atoms. The molecule has 132 valence electrons. The topological polar surface area (TPSA) is 68.0 Å². The number of hydrogen-bond acceptors (Lipinski definition) is 4. The van der Waals surface area contributed by atoms with Crippen LogP contribution in [0.1, 0.15) is 46.4 Å². The molecule has 5 heteroatoms. The Hall–Kier alpha value is -2.95. The number of hydrogen-bond donors (Lipinski definition) is 1. The van der Waals surface area contributed by atoms with Crippen LogP contribution in [0.25, 0.3) is 0 Å². The molecule has 3 aromatic rings. The van der Waals surface area contributed by atoms with E-state index in [0.717, 1.165) is 24.0 Å². The van der Waals surface area contributed by atoms with Crippen molar-refractivity contribution in [2.75, 3.05) is 0 Å². The maximum atomic E-state index is 12.7. The molecule has 0 radical (unpaired) electrons. The Bertz CT molecular complexity index is 918. The predicted molar refractivity (Wildman–Crippen MR) is 97.6 cm³/mol. The van der Waals surface area contributed by atoms with E-state index in [1.807, 2.05) is 30.3 Å². The smallest absolute Gasteiger partial charge is 0.253 e. The number of benzene rings is 2. The van der Waals surface area contributed by atoms with Gasteiger partial charge in [0, 0.05) is 0 Å². The molecule has 2 aromatic carbocycles. The second-order valence-electron chi connectivity index (χ2n) is 6.72. The fourth-order valence-corrected chi connectivity index (χ4v) is 3.50. The third-order valence-electron chi connectivity index (χ3n) is 4.76. The molecule has 1 heterocycles. The lowest BCUT2D eigenvalue weighted by Crippen LogP contribution is -2.30. The van der Waals surface area contributed by atoms with Crippen molar-refractivity contribution in [1.82, 2.24) is 15.5 Å². The highest BCUT2D eigenvalue weighted by atomic mass is 16.5. The summed E-state index contributed by atoms with van der Waals surface area (Å²) in [7, 11) is 0. The van der Waals surface area contributed by atoms with E-state index in [0.29, 0.717) is 18.1 Å². The van der Waals surface area contributed by atoms with E-state index in [1.165, 1.54) is 17.5 Å². The Morgan fingerprint density at radius 2 is 1.96 bits per heavy atom. The van der Waals surface area contributed by atoms with Crippen molar-refractivity contribution in [2.24, 2.45) is 0 Å². The summed E-state index contributed by atoms with van der Waals surface area (Å²) in [5, 5.41) is 6.90. The average Bonchev–Trinajstić information content (AvgIpc) is 3.29. The average molecular weight is 347 g/mol. The number of aryl methyl sites for hydroxylation is 3. The molecule has 1 amide bonds. The Balaban J connectivity index is 1.53. The van der Waals surface area contributed by atoms with Gasteiger partial charge in [0.25, 0.3) is 5.89 Å². The summed E-state index contributed by atoms with van der Waals surface area (Å²) in [4.78, 5) is 17.0. The van der Waals surface area contributed by atoms with Crippen molar-refractivity contribution in [2.45, 2.75) is 38.6 Å². The molecule has 0 fully saturated rings. The van der Waals surface area contributed by atoms with Crippen LogP contribution in [0.4, 0.5) is 0 Å². The van der Waals surface area contributed by atoms with Gasteiger partial charge < -0.3 is 9.84 Å². The Kier molecular flexibility index (Phi) is 4.52. The first kappa shape index (κ1) is 16.5. The van der Waals surface area contributed by atoms with Crippen LogP contribution in [0.15, 0.2) is 53.1 Å². The molecule has 0 unspecified atom stereocenters. The third kappa shape index (κ3) is 3.52. The number of carbonyl (C=O) groups excluding carboxylic acids is 1. The van der Waals surface area contributed by atoms with Crippen molar-refractivity contribution in [1.29, 1.82) is 0 Å². The fraction of sp³-hybridized carbons (Fsp3) is 0.286. The van der Waals surface area contributed by atoms with Gasteiger partial charge in [-0.2, -0.15) is 4.98 Å². The van der Waals surface area contributed by atoms with E-state index in [9.17, 15) is 4.79 Å². The normalized spacial score (nSPS) is 14.0. The lowest BCUT2D eigenvalue weighted by atomic mass is 10.0. The lowest BCUT2D eigenvalue weighted by molar-refractivity contribution is -0.121. The van der Waals surface area contributed by atoms with Crippen LogP contribution in [0.2, 0.25) is 0 Å². The number of nitrogens with one attached hydrogen (secondary N) is 1. The van der Waals surface area contributed by atoms with E-state index in [-0.39, 0.29) is 5.91 Å². The molecule has 0 aliphatic heterocycles. The Morgan fingerprint density at radius 1 is 1.15 bits per heavy atom. The van der Waals surface area contributed by atoms with E-state index in [4.69, 9.17) is 4.52 Å². The van der Waals surface area contributed by atoms with Crippen LogP contribution >= 0.6 is 0 Å². The molecule has 0 saturated heterocycles. The summed E-state index contributed by atoms with van der Waals surface area (Å²) < 4.78 is 5.32. The largest absolute Gasteiger partial charge is 0.340 e. The lowest BCUT2D eigenvalue weighted by Gasteiger charge is -2.16. The molecule has 1 aromatic heterocycles. The van der Waals surface area contributed by atoms with Crippen LogP contribution in [-0.2, 0) is 24.1 Å². The number of fused-ring (bicyclic) bond motifs is 1. The van der Waals surface area contributed by atoms with Gasteiger partial charge in [-0.1, -0.05) is 53.7 Å². The maximum Gasteiger partial charge on any atom is 0.253 e. The monoisotopic (exact) mass is 347 g/mol. The first-order chi connectivity index (χ1) is 12.7. The van der Waals surface area contributed by atoms with Crippen LogP contribution in [0.5, 0.6) is 0 Å². The second-order valence-corrected chi connectivity index (χ2v) is 6.72. The highest BCUT2D eigenvalue weighted by Crippen LogP contribution is 2.24. The molecule has 0 saturated carbocycles. The second kappa shape index (κ2) is 7.12. The van der Waals surface area contributed by atoms with Crippen molar-refractivity contribution >= 4 is 5.91 Å². The number of carbonyl (C=O) groups is 1. The van der Waals surface area contributed by atoms with E-state index in [2.05, 4.69) is 33.7 Å². The number of nitrogens with zero attached hydrogens (tertiary/aromatic N) is 2. The summed E-state index contributed by atoms with van der Waals surface area (Å²) >= 11 is 0. The molecule has 1 aliphatic rings. The molecule has 4 rings (SSSR count). The minimum Gasteiger partial charge on any atom is -0.340 e. The number of aromatic nitrogens is 2. The zero-order valence-electron chi connectivity index (χ0n) is 14.7. The molecule has 5 nitrogen and oxygen atoms in total. The van der Waals surface area contributed by atoms with Gasteiger partial charge >= 0.3 is 0 Å². The molecular weight excluding hydrogens is 326 g/mol. The Morgan fingerprint density at radius 3 is 2.73 bits per heavy atom. The van der Waals surface area contributed by atoms with Crippen LogP contribution in [0, 0.1) is 6.92 Å². The molecule has 26 heavy (non-hydrogen) atoms. The molecule has 1 aliphatic carbocycles. The standard InChI is InChI=1S/C21H21N3O2/c1-14-22-21(26-24-14)20(17-6-3-2-4-7-17)23-19(25)13-15-10-11-16-8-5-9-18(16)12-15/h2-4,6-7,10-12,20H,5,8-9,13H2,1H3,(H,23,25)/t20-/m0/s1. The van der Waals surface area contributed by atoms with Crippen molar-refractivity contribution in [3.8, 4) is 0 Å². The first-order valence-electron chi connectivity index (χ1n) is 8.94. The van der Waals surface area contributed by atoms with Gasteiger partial charge in [0.2, 0.25) is 5.91 Å². The number of rotatable bonds is 5. The fourth-order valence-electron chi connectivity index (χ4n) is 3.50. The van der Waals surface area contributed by atoms with Crippen LogP contribution < -0.4 is 5.32 Å². The van der Waals surface area contributed by atoms with Gasteiger partial charge in [-0.3, -0.25) is 4.79 Å². The van der Waals surface area contributed by atoms with Gasteiger partial charge in [0.15, 0.2) is 5.82 Å². The van der Waals surface area contributed by atoms with E-state index < -0.39 is 6.04 Å². The first-order valence-corrected chi connectivity index (χ1v) is 8.94. The van der Waals surface area contributed by atoms with Crippen molar-refractivity contribution < 1.29 is 9.32 Å². The highest BCUT2D eigenvalue weighted by molar-refractivity contribution is 5.79. The Labute approximate surface area is 152 Å². The predicted octanol–water partition coefficient (Wildman–Crippen LogP) is 3.32. The minimum atomic E-state index is -0.445. The highest BCUT2D eigenvalue weighted by Gasteiger charge is 2.23. The van der Waals surface area contributed by atoms with Gasteiger partial charge in [-0.15, -0.1) is 0 Å². The van der Waals surface area contributed by atoms with Gasteiger partial charge in [0.05, 0.1) is 6.42 Å². The summed E-state index contributed by atoms with van der Waals surface area (Å²) in [6.07, 6.45) is 3.80. The molecule has 1 atom stereocenters. The van der Waals surface area contributed by atoms with Crippen molar-refractivity contribution in [3.63, 3.8) is 0 Å². The summed E-state index contributed by atoms with van der Waals surface area (Å²) in [5.74, 6) is 0.887. The van der Waals surface area contributed by atoms with E-state index >= 15 is 0 Å². The quantitative estimate of drug-likeness (QED) is 0.769. The van der Waals surface area contributed by atoms with E-state index in [1.54, 1.807) is 6.92 Å².